The van der Waals surface area contributed by atoms with E-state index in [2.05, 4.69) is 30.4 Å². The fourth-order valence-corrected chi connectivity index (χ4v) is 3.00. The van der Waals surface area contributed by atoms with Gasteiger partial charge in [0, 0.05) is 38.1 Å². The molecule has 3 rings (SSSR count). The van der Waals surface area contributed by atoms with Crippen LogP contribution in [0.3, 0.4) is 0 Å². The maximum Gasteiger partial charge on any atom is 0.293 e. The highest BCUT2D eigenvalue weighted by molar-refractivity contribution is 7.09. The topological polar surface area (TPSA) is 78.0 Å². The van der Waals surface area contributed by atoms with Crippen LogP contribution in [0.15, 0.2) is 5.38 Å². The third kappa shape index (κ3) is 3.27. The van der Waals surface area contributed by atoms with E-state index in [9.17, 15) is 4.79 Å². The molecule has 1 aliphatic rings. The van der Waals surface area contributed by atoms with Crippen LogP contribution in [0.5, 0.6) is 0 Å². The van der Waals surface area contributed by atoms with Crippen molar-refractivity contribution in [2.75, 3.05) is 26.2 Å². The highest BCUT2D eigenvalue weighted by Crippen LogP contribution is 2.13. The lowest BCUT2D eigenvalue weighted by Gasteiger charge is -2.33. The van der Waals surface area contributed by atoms with E-state index in [4.69, 9.17) is 0 Å². The minimum atomic E-state index is -0.0940. The highest BCUT2D eigenvalue weighted by Gasteiger charge is 2.24. The number of carbonyl (C=O) groups excluding carboxylic acids is 1. The van der Waals surface area contributed by atoms with Gasteiger partial charge in [-0.05, 0) is 13.8 Å². The highest BCUT2D eigenvalue weighted by atomic mass is 32.1. The van der Waals surface area contributed by atoms with E-state index in [0.717, 1.165) is 30.3 Å². The molecule has 0 aliphatic carbocycles. The zero-order valence-electron chi connectivity index (χ0n) is 12.2. The number of nitrogens with zero attached hydrogens (tertiary/aromatic N) is 5. The average molecular weight is 306 g/mol. The molecule has 1 N–H and O–H groups in total. The summed E-state index contributed by atoms with van der Waals surface area (Å²) in [4.78, 5) is 24.9. The lowest BCUT2D eigenvalue weighted by molar-refractivity contribution is 0.0615. The smallest absolute Gasteiger partial charge is 0.293 e. The predicted molar refractivity (Wildman–Crippen MR) is 79.2 cm³/mol. The van der Waals surface area contributed by atoms with Gasteiger partial charge in [0.05, 0.1) is 10.7 Å². The van der Waals surface area contributed by atoms with Gasteiger partial charge in [-0.3, -0.25) is 14.8 Å². The molecule has 1 amide bonds. The molecule has 0 atom stereocenters. The third-order valence-electron chi connectivity index (χ3n) is 3.50. The van der Waals surface area contributed by atoms with Crippen molar-refractivity contribution >= 4 is 17.2 Å². The number of hydrogen-bond donors (Lipinski definition) is 1. The maximum atomic E-state index is 12.2. The van der Waals surface area contributed by atoms with Crippen LogP contribution in [-0.4, -0.2) is 62.1 Å². The molecule has 7 nitrogen and oxygen atoms in total. The van der Waals surface area contributed by atoms with E-state index in [1.165, 1.54) is 0 Å². The van der Waals surface area contributed by atoms with Gasteiger partial charge in [0.25, 0.3) is 5.91 Å². The molecular formula is C13H18N6OS. The summed E-state index contributed by atoms with van der Waals surface area (Å²) in [5, 5.41) is 9.83. The van der Waals surface area contributed by atoms with Crippen molar-refractivity contribution in [2.24, 2.45) is 0 Å². The number of thiazole rings is 1. The first-order chi connectivity index (χ1) is 10.1. The van der Waals surface area contributed by atoms with Crippen molar-refractivity contribution in [3.63, 3.8) is 0 Å². The summed E-state index contributed by atoms with van der Waals surface area (Å²) in [5.41, 5.74) is 1.11. The number of rotatable bonds is 3. The fourth-order valence-electron chi connectivity index (χ4n) is 2.40. The number of aromatic amines is 1. The van der Waals surface area contributed by atoms with Gasteiger partial charge in [0.1, 0.15) is 5.82 Å². The Morgan fingerprint density at radius 1 is 1.29 bits per heavy atom. The standard InChI is InChI=1S/C13H18N6OS/c1-9-14-12(17-16-9)13(20)19-5-3-18(4-6-19)7-11-8-21-10(2)15-11/h8H,3-7H2,1-2H3,(H,14,16,17). The Morgan fingerprint density at radius 2 is 2.05 bits per heavy atom. The quantitative estimate of drug-likeness (QED) is 0.909. The number of nitrogens with one attached hydrogen (secondary N) is 1. The van der Waals surface area contributed by atoms with Gasteiger partial charge in [-0.1, -0.05) is 0 Å². The van der Waals surface area contributed by atoms with E-state index < -0.39 is 0 Å². The van der Waals surface area contributed by atoms with Gasteiger partial charge in [-0.25, -0.2) is 9.97 Å². The Kier molecular flexibility index (Phi) is 3.98. The summed E-state index contributed by atoms with van der Waals surface area (Å²) < 4.78 is 0. The zero-order chi connectivity index (χ0) is 14.8. The van der Waals surface area contributed by atoms with E-state index >= 15 is 0 Å². The number of carbonyl (C=O) groups is 1. The summed E-state index contributed by atoms with van der Waals surface area (Å²) in [6.45, 7) is 7.77. The van der Waals surface area contributed by atoms with Crippen molar-refractivity contribution in [3.05, 3.63) is 27.7 Å². The molecule has 0 radical (unpaired) electrons. The van der Waals surface area contributed by atoms with Crippen LogP contribution in [0.1, 0.15) is 27.1 Å². The SMILES string of the molecule is Cc1nc(C(=O)N2CCN(Cc3csc(C)n3)CC2)n[nH]1. The van der Waals surface area contributed by atoms with Crippen molar-refractivity contribution in [3.8, 4) is 0 Å². The Morgan fingerprint density at radius 3 is 2.62 bits per heavy atom. The summed E-state index contributed by atoms with van der Waals surface area (Å²) in [6.07, 6.45) is 0. The molecule has 112 valence electrons. The molecule has 8 heteroatoms. The van der Waals surface area contributed by atoms with Gasteiger partial charge in [-0.2, -0.15) is 0 Å². The Labute approximate surface area is 127 Å². The molecule has 1 fully saturated rings. The fraction of sp³-hybridized carbons (Fsp3) is 0.538. The lowest BCUT2D eigenvalue weighted by atomic mass is 10.3. The van der Waals surface area contributed by atoms with Crippen LogP contribution < -0.4 is 0 Å². The van der Waals surface area contributed by atoms with Gasteiger partial charge < -0.3 is 4.90 Å². The Balaban J connectivity index is 1.54. The van der Waals surface area contributed by atoms with E-state index in [0.29, 0.717) is 18.9 Å². The molecule has 2 aromatic rings. The number of aryl methyl sites for hydroxylation is 2. The minimum Gasteiger partial charge on any atom is -0.333 e. The minimum absolute atomic E-state index is 0.0940. The number of aromatic nitrogens is 4. The van der Waals surface area contributed by atoms with Gasteiger partial charge in [-0.15, -0.1) is 16.4 Å². The molecule has 0 bridgehead atoms. The molecule has 0 spiro atoms. The Hall–Kier alpha value is -1.80. The number of hydrogen-bond acceptors (Lipinski definition) is 6. The van der Waals surface area contributed by atoms with Crippen molar-refractivity contribution in [1.82, 2.24) is 30.0 Å². The number of amides is 1. The van der Waals surface area contributed by atoms with Crippen molar-refractivity contribution in [2.45, 2.75) is 20.4 Å². The summed E-state index contributed by atoms with van der Waals surface area (Å²) in [7, 11) is 0. The second kappa shape index (κ2) is 5.90. The lowest BCUT2D eigenvalue weighted by Crippen LogP contribution is -2.48. The second-order valence-electron chi connectivity index (χ2n) is 5.17. The van der Waals surface area contributed by atoms with Crippen LogP contribution in [0, 0.1) is 13.8 Å². The van der Waals surface area contributed by atoms with Crippen molar-refractivity contribution in [1.29, 1.82) is 0 Å². The number of piperazine rings is 1. The molecule has 21 heavy (non-hydrogen) atoms. The van der Waals surface area contributed by atoms with Crippen LogP contribution in [-0.2, 0) is 6.54 Å². The maximum absolute atomic E-state index is 12.2. The van der Waals surface area contributed by atoms with E-state index in [1.54, 1.807) is 18.3 Å². The summed E-state index contributed by atoms with van der Waals surface area (Å²) >= 11 is 1.68. The van der Waals surface area contributed by atoms with Crippen LogP contribution in [0.4, 0.5) is 0 Å². The first-order valence-electron chi connectivity index (χ1n) is 6.93. The van der Waals surface area contributed by atoms with E-state index in [1.807, 2.05) is 11.8 Å². The molecule has 3 heterocycles. The zero-order valence-corrected chi connectivity index (χ0v) is 13.0. The van der Waals surface area contributed by atoms with Crippen LogP contribution in [0.2, 0.25) is 0 Å². The first-order valence-corrected chi connectivity index (χ1v) is 7.81. The monoisotopic (exact) mass is 306 g/mol. The van der Waals surface area contributed by atoms with Gasteiger partial charge in [0.2, 0.25) is 5.82 Å². The molecule has 1 saturated heterocycles. The summed E-state index contributed by atoms with van der Waals surface area (Å²) in [5.74, 6) is 0.829. The van der Waals surface area contributed by atoms with Crippen LogP contribution in [0.25, 0.3) is 0 Å². The average Bonchev–Trinajstić information content (AvgIpc) is 3.08. The number of H-pyrrole nitrogens is 1. The summed E-state index contributed by atoms with van der Waals surface area (Å²) in [6, 6.07) is 0. The van der Waals surface area contributed by atoms with Gasteiger partial charge >= 0.3 is 0 Å². The Bertz CT molecular complexity index is 628. The predicted octanol–water partition coefficient (Wildman–Crippen LogP) is 0.836. The second-order valence-corrected chi connectivity index (χ2v) is 6.23. The van der Waals surface area contributed by atoms with Crippen LogP contribution >= 0.6 is 11.3 Å². The molecule has 0 unspecified atom stereocenters. The van der Waals surface area contributed by atoms with Gasteiger partial charge in [0.15, 0.2) is 0 Å². The molecule has 0 aromatic carbocycles. The molecule has 1 aliphatic heterocycles. The van der Waals surface area contributed by atoms with Crippen molar-refractivity contribution < 1.29 is 4.79 Å². The molecular weight excluding hydrogens is 288 g/mol. The molecule has 2 aromatic heterocycles. The van der Waals surface area contributed by atoms with E-state index in [-0.39, 0.29) is 11.7 Å². The molecule has 0 saturated carbocycles. The third-order valence-corrected chi connectivity index (χ3v) is 4.32. The first kappa shape index (κ1) is 14.2. The normalized spacial score (nSPS) is 16.4. The largest absolute Gasteiger partial charge is 0.333 e.